The van der Waals surface area contributed by atoms with Crippen LogP contribution < -0.4 is 4.72 Å². The molecule has 0 saturated heterocycles. The zero-order valence-electron chi connectivity index (χ0n) is 14.9. The highest BCUT2D eigenvalue weighted by atomic mass is 32.2. The van der Waals surface area contributed by atoms with Gasteiger partial charge in [0, 0.05) is 41.0 Å². The highest BCUT2D eigenvalue weighted by molar-refractivity contribution is 7.89. The van der Waals surface area contributed by atoms with E-state index in [2.05, 4.69) is 46.5 Å². The minimum absolute atomic E-state index is 0.0352. The van der Waals surface area contributed by atoms with Gasteiger partial charge in [0.05, 0.1) is 6.61 Å². The molecule has 0 aliphatic heterocycles. The molecule has 0 aliphatic carbocycles. The van der Waals surface area contributed by atoms with Crippen molar-refractivity contribution in [3.63, 3.8) is 0 Å². The average Bonchev–Trinajstić information content (AvgIpc) is 3.05. The van der Waals surface area contributed by atoms with Crippen LogP contribution in [0.4, 0.5) is 0 Å². The molecular weight excluding hydrogens is 352 g/mol. The van der Waals surface area contributed by atoms with Crippen LogP contribution in [0.2, 0.25) is 0 Å². The van der Waals surface area contributed by atoms with Crippen molar-refractivity contribution in [2.24, 2.45) is 0 Å². The summed E-state index contributed by atoms with van der Waals surface area (Å²) in [5.41, 5.74) is 3.56. The third-order valence-corrected chi connectivity index (χ3v) is 5.44. The number of pyridine rings is 2. The number of fused-ring (bicyclic) bond motifs is 1. The summed E-state index contributed by atoms with van der Waals surface area (Å²) >= 11 is 0. The lowest BCUT2D eigenvalue weighted by atomic mass is 9.92. The lowest BCUT2D eigenvalue weighted by Crippen LogP contribution is -2.27. The van der Waals surface area contributed by atoms with E-state index in [1.807, 2.05) is 6.07 Å². The second-order valence-electron chi connectivity index (χ2n) is 7.06. The first-order valence-corrected chi connectivity index (χ1v) is 9.76. The van der Waals surface area contributed by atoms with E-state index < -0.39 is 10.0 Å². The molecule has 0 bridgehead atoms. The molecule has 7 nitrogen and oxygen atoms in total. The lowest BCUT2D eigenvalue weighted by molar-refractivity contribution is 0.301. The number of aliphatic hydroxyl groups is 1. The van der Waals surface area contributed by atoms with Crippen molar-refractivity contribution in [3.05, 3.63) is 42.4 Å². The summed E-state index contributed by atoms with van der Waals surface area (Å²) < 4.78 is 26.4. The van der Waals surface area contributed by atoms with E-state index in [0.29, 0.717) is 0 Å². The minimum atomic E-state index is -3.72. The van der Waals surface area contributed by atoms with Gasteiger partial charge in [-0.25, -0.2) is 23.1 Å². The summed E-state index contributed by atoms with van der Waals surface area (Å²) in [5, 5.41) is 9.66. The predicted octanol–water partition coefficient (Wildman–Crippen LogP) is 2.19. The summed E-state index contributed by atoms with van der Waals surface area (Å²) in [6, 6.07) is 7.14. The molecule has 0 aromatic carbocycles. The molecule has 3 aromatic rings. The molecule has 8 heteroatoms. The number of hydrogen-bond donors (Lipinski definition) is 3. The van der Waals surface area contributed by atoms with Crippen LogP contribution in [-0.4, -0.2) is 41.6 Å². The molecule has 0 saturated carbocycles. The van der Waals surface area contributed by atoms with E-state index in [9.17, 15) is 8.42 Å². The molecule has 3 heterocycles. The topological polar surface area (TPSA) is 108 Å². The van der Waals surface area contributed by atoms with Gasteiger partial charge in [0.25, 0.3) is 10.0 Å². The molecule has 3 N–H and O–H groups in total. The molecule has 138 valence electrons. The molecule has 0 spiro atoms. The van der Waals surface area contributed by atoms with Crippen LogP contribution in [0.5, 0.6) is 0 Å². The van der Waals surface area contributed by atoms with Crippen molar-refractivity contribution in [3.8, 4) is 11.1 Å². The van der Waals surface area contributed by atoms with Gasteiger partial charge in [0.15, 0.2) is 5.03 Å². The Bertz CT molecular complexity index is 1020. The zero-order chi connectivity index (χ0) is 18.9. The third kappa shape index (κ3) is 3.62. The van der Waals surface area contributed by atoms with Crippen LogP contribution in [-0.2, 0) is 15.4 Å². The van der Waals surface area contributed by atoms with Crippen molar-refractivity contribution < 1.29 is 13.5 Å². The van der Waals surface area contributed by atoms with Crippen LogP contribution in [0.15, 0.2) is 41.7 Å². The van der Waals surface area contributed by atoms with Gasteiger partial charge in [0.1, 0.15) is 5.65 Å². The maximum absolute atomic E-state index is 12.1. The van der Waals surface area contributed by atoms with Crippen LogP contribution in [0.25, 0.3) is 22.2 Å². The van der Waals surface area contributed by atoms with Crippen molar-refractivity contribution in [1.29, 1.82) is 0 Å². The second-order valence-corrected chi connectivity index (χ2v) is 8.77. The Labute approximate surface area is 152 Å². The Morgan fingerprint density at radius 1 is 1.19 bits per heavy atom. The minimum Gasteiger partial charge on any atom is -0.395 e. The van der Waals surface area contributed by atoms with Gasteiger partial charge in [-0.15, -0.1) is 0 Å². The standard InChI is InChI=1S/C18H22N4O3S/c1-18(2,3)15-10-14-13(6-7-19-17(14)22-15)12-4-5-16(20-11-12)26(24,25)21-8-9-23/h4-7,10-11,21,23H,8-9H2,1-3H3,(H,19,22). The number of nitrogens with one attached hydrogen (secondary N) is 2. The Morgan fingerprint density at radius 3 is 2.58 bits per heavy atom. The molecule has 0 atom stereocenters. The molecule has 26 heavy (non-hydrogen) atoms. The maximum Gasteiger partial charge on any atom is 0.258 e. The summed E-state index contributed by atoms with van der Waals surface area (Å²) in [5.74, 6) is 0. The first kappa shape index (κ1) is 18.5. The van der Waals surface area contributed by atoms with Crippen LogP contribution >= 0.6 is 0 Å². The molecule has 0 unspecified atom stereocenters. The molecule has 0 radical (unpaired) electrons. The highest BCUT2D eigenvalue weighted by Gasteiger charge is 2.19. The molecule has 0 amide bonds. The summed E-state index contributed by atoms with van der Waals surface area (Å²) in [6.07, 6.45) is 3.25. The van der Waals surface area contributed by atoms with Gasteiger partial charge in [-0.1, -0.05) is 20.8 Å². The van der Waals surface area contributed by atoms with Gasteiger partial charge >= 0.3 is 0 Å². The largest absolute Gasteiger partial charge is 0.395 e. The summed E-state index contributed by atoms with van der Waals surface area (Å²) in [6.45, 7) is 6.06. The summed E-state index contributed by atoms with van der Waals surface area (Å²) in [7, 11) is -3.72. The number of H-pyrrole nitrogens is 1. The Hall–Kier alpha value is -2.29. The van der Waals surface area contributed by atoms with Crippen molar-refractivity contribution in [2.75, 3.05) is 13.2 Å². The number of aromatic nitrogens is 3. The fourth-order valence-electron chi connectivity index (χ4n) is 2.64. The third-order valence-electron chi connectivity index (χ3n) is 4.07. The first-order chi connectivity index (χ1) is 12.2. The molecule has 0 aliphatic rings. The Balaban J connectivity index is 2.01. The number of sulfonamides is 1. The SMILES string of the molecule is CC(C)(C)c1cc2c(-c3ccc(S(=O)(=O)NCCO)nc3)ccnc2[nH]1. The van der Waals surface area contributed by atoms with E-state index in [4.69, 9.17) is 5.11 Å². The van der Waals surface area contributed by atoms with Gasteiger partial charge < -0.3 is 10.1 Å². The Kier molecular flexibility index (Phi) is 4.83. The van der Waals surface area contributed by atoms with Gasteiger partial charge in [-0.3, -0.25) is 0 Å². The average molecular weight is 374 g/mol. The molecule has 0 fully saturated rings. The molecule has 3 aromatic heterocycles. The van der Waals surface area contributed by atoms with Crippen molar-refractivity contribution in [2.45, 2.75) is 31.2 Å². The van der Waals surface area contributed by atoms with Crippen LogP contribution in [0.1, 0.15) is 26.5 Å². The highest BCUT2D eigenvalue weighted by Crippen LogP contribution is 2.31. The number of rotatable bonds is 5. The number of aliphatic hydroxyl groups excluding tert-OH is 1. The predicted molar refractivity (Wildman–Crippen MR) is 100 cm³/mol. The van der Waals surface area contributed by atoms with E-state index in [-0.39, 0.29) is 23.6 Å². The Morgan fingerprint density at radius 2 is 1.96 bits per heavy atom. The van der Waals surface area contributed by atoms with E-state index in [1.54, 1.807) is 12.3 Å². The molecule has 3 rings (SSSR count). The van der Waals surface area contributed by atoms with Crippen molar-refractivity contribution >= 4 is 21.1 Å². The monoisotopic (exact) mass is 374 g/mol. The zero-order valence-corrected chi connectivity index (χ0v) is 15.8. The van der Waals surface area contributed by atoms with Gasteiger partial charge in [-0.05, 0) is 29.8 Å². The second kappa shape index (κ2) is 6.79. The quantitative estimate of drug-likeness (QED) is 0.634. The molecular formula is C18H22N4O3S. The normalized spacial score (nSPS) is 12.6. The van der Waals surface area contributed by atoms with Gasteiger partial charge in [-0.2, -0.15) is 0 Å². The fourth-order valence-corrected chi connectivity index (χ4v) is 3.58. The van der Waals surface area contributed by atoms with Crippen molar-refractivity contribution in [1.82, 2.24) is 19.7 Å². The lowest BCUT2D eigenvalue weighted by Gasteiger charge is -2.15. The fraction of sp³-hybridized carbons (Fsp3) is 0.333. The summed E-state index contributed by atoms with van der Waals surface area (Å²) in [4.78, 5) is 11.8. The van der Waals surface area contributed by atoms with E-state index in [0.717, 1.165) is 27.9 Å². The van der Waals surface area contributed by atoms with E-state index in [1.165, 1.54) is 12.3 Å². The van der Waals surface area contributed by atoms with Crippen LogP contribution in [0.3, 0.4) is 0 Å². The van der Waals surface area contributed by atoms with E-state index >= 15 is 0 Å². The number of hydrogen-bond acceptors (Lipinski definition) is 5. The van der Waals surface area contributed by atoms with Gasteiger partial charge in [0.2, 0.25) is 0 Å². The smallest absolute Gasteiger partial charge is 0.258 e. The van der Waals surface area contributed by atoms with Crippen LogP contribution in [0, 0.1) is 0 Å². The number of aromatic amines is 1. The maximum atomic E-state index is 12.1. The first-order valence-electron chi connectivity index (χ1n) is 8.27. The number of nitrogens with zero attached hydrogens (tertiary/aromatic N) is 2.